The van der Waals surface area contributed by atoms with Crippen LogP contribution in [0.4, 0.5) is 0 Å². The Morgan fingerprint density at radius 1 is 1.40 bits per heavy atom. The molecule has 88 valence electrons. The summed E-state index contributed by atoms with van der Waals surface area (Å²) in [5, 5.41) is 11.3. The summed E-state index contributed by atoms with van der Waals surface area (Å²) < 4.78 is 0. The van der Waals surface area contributed by atoms with Gasteiger partial charge >= 0.3 is 5.97 Å². The van der Waals surface area contributed by atoms with Crippen molar-refractivity contribution in [2.75, 3.05) is 12.0 Å². The van der Waals surface area contributed by atoms with E-state index in [0.717, 1.165) is 5.75 Å². The van der Waals surface area contributed by atoms with E-state index in [2.05, 4.69) is 5.32 Å². The fourth-order valence-corrected chi connectivity index (χ4v) is 1.77. The molecule has 0 aliphatic heterocycles. The van der Waals surface area contributed by atoms with Gasteiger partial charge in [0.25, 0.3) is 0 Å². The summed E-state index contributed by atoms with van der Waals surface area (Å²) >= 11 is 1.63. The first-order valence-electron chi connectivity index (χ1n) is 4.98. The first kappa shape index (κ1) is 14.3. The van der Waals surface area contributed by atoms with Gasteiger partial charge in [-0.3, -0.25) is 9.59 Å². The zero-order valence-corrected chi connectivity index (χ0v) is 10.3. The average Bonchev–Trinajstić information content (AvgIpc) is 2.15. The summed E-state index contributed by atoms with van der Waals surface area (Å²) in [5.41, 5.74) is 0. The third kappa shape index (κ3) is 7.25. The second kappa shape index (κ2) is 7.56. The number of carbonyl (C=O) groups is 2. The van der Waals surface area contributed by atoms with Crippen LogP contribution in [0.2, 0.25) is 0 Å². The van der Waals surface area contributed by atoms with E-state index in [0.29, 0.717) is 6.42 Å². The van der Waals surface area contributed by atoms with E-state index >= 15 is 0 Å². The van der Waals surface area contributed by atoms with E-state index in [4.69, 9.17) is 5.11 Å². The van der Waals surface area contributed by atoms with Crippen molar-refractivity contribution in [3.05, 3.63) is 0 Å². The predicted octanol–water partition coefficient (Wildman–Crippen LogP) is 1.35. The molecule has 1 amide bonds. The lowest BCUT2D eigenvalue weighted by atomic mass is 10.1. The highest BCUT2D eigenvalue weighted by molar-refractivity contribution is 7.98. The van der Waals surface area contributed by atoms with E-state index in [1.54, 1.807) is 11.8 Å². The van der Waals surface area contributed by atoms with Gasteiger partial charge in [-0.1, -0.05) is 6.92 Å². The van der Waals surface area contributed by atoms with Gasteiger partial charge in [0.2, 0.25) is 5.91 Å². The second-order valence-electron chi connectivity index (χ2n) is 3.70. The lowest BCUT2D eigenvalue weighted by Crippen LogP contribution is -2.37. The maximum atomic E-state index is 11.5. The molecule has 2 unspecified atom stereocenters. The number of aliphatic carboxylic acids is 1. The summed E-state index contributed by atoms with van der Waals surface area (Å²) in [6.45, 7) is 3.70. The van der Waals surface area contributed by atoms with Crippen LogP contribution in [0.3, 0.4) is 0 Å². The number of hydrogen-bond donors (Lipinski definition) is 2. The van der Waals surface area contributed by atoms with Crippen LogP contribution < -0.4 is 5.32 Å². The smallest absolute Gasteiger partial charge is 0.303 e. The normalized spacial score (nSPS) is 14.3. The fraction of sp³-hybridized carbons (Fsp3) is 0.800. The maximum Gasteiger partial charge on any atom is 0.303 e. The van der Waals surface area contributed by atoms with Gasteiger partial charge in [-0.25, -0.2) is 0 Å². The minimum Gasteiger partial charge on any atom is -0.481 e. The minimum atomic E-state index is -0.826. The molecular formula is C10H19NO3S. The molecule has 0 bridgehead atoms. The van der Waals surface area contributed by atoms with Crippen LogP contribution in [-0.4, -0.2) is 35.0 Å². The number of carbonyl (C=O) groups excluding carboxylic acids is 1. The Labute approximate surface area is 94.8 Å². The van der Waals surface area contributed by atoms with Crippen molar-refractivity contribution in [1.82, 2.24) is 5.32 Å². The van der Waals surface area contributed by atoms with Crippen LogP contribution in [0.15, 0.2) is 0 Å². The number of rotatable bonds is 7. The van der Waals surface area contributed by atoms with Crippen molar-refractivity contribution >= 4 is 23.6 Å². The highest BCUT2D eigenvalue weighted by Gasteiger charge is 2.14. The number of carboxylic acids is 1. The quantitative estimate of drug-likeness (QED) is 0.696. The summed E-state index contributed by atoms with van der Waals surface area (Å²) in [4.78, 5) is 21.8. The zero-order valence-electron chi connectivity index (χ0n) is 9.45. The molecule has 0 spiro atoms. The number of amides is 1. The second-order valence-corrected chi connectivity index (χ2v) is 4.61. The first-order valence-corrected chi connectivity index (χ1v) is 6.37. The van der Waals surface area contributed by atoms with E-state index in [1.165, 1.54) is 0 Å². The van der Waals surface area contributed by atoms with Crippen molar-refractivity contribution in [3.63, 3.8) is 0 Å². The first-order chi connectivity index (χ1) is 6.97. The summed E-state index contributed by atoms with van der Waals surface area (Å²) in [7, 11) is 0. The molecule has 0 aromatic rings. The Kier molecular flexibility index (Phi) is 7.21. The molecule has 0 rings (SSSR count). The molecule has 5 heteroatoms. The number of carboxylic acid groups (broad SMARTS) is 1. The Hall–Kier alpha value is -0.710. The molecule has 0 fully saturated rings. The van der Waals surface area contributed by atoms with E-state index in [1.807, 2.05) is 20.1 Å². The number of hydrogen-bond acceptors (Lipinski definition) is 3. The van der Waals surface area contributed by atoms with Crippen molar-refractivity contribution < 1.29 is 14.7 Å². The van der Waals surface area contributed by atoms with Gasteiger partial charge in [-0.05, 0) is 19.6 Å². The lowest BCUT2D eigenvalue weighted by Gasteiger charge is -2.16. The SMILES string of the molecule is CSCC(C)C(=O)NC(C)CCC(=O)O. The Bertz CT molecular complexity index is 221. The molecule has 0 aromatic heterocycles. The molecule has 0 saturated carbocycles. The van der Waals surface area contributed by atoms with Crippen molar-refractivity contribution in [2.45, 2.75) is 32.7 Å². The number of thioether (sulfide) groups is 1. The van der Waals surface area contributed by atoms with Gasteiger partial charge in [-0.15, -0.1) is 0 Å². The van der Waals surface area contributed by atoms with Crippen molar-refractivity contribution in [2.24, 2.45) is 5.92 Å². The summed E-state index contributed by atoms with van der Waals surface area (Å²) in [6.07, 6.45) is 2.53. The fourth-order valence-electron chi connectivity index (χ4n) is 1.12. The van der Waals surface area contributed by atoms with Gasteiger partial charge in [-0.2, -0.15) is 11.8 Å². The monoisotopic (exact) mass is 233 g/mol. The van der Waals surface area contributed by atoms with Crippen LogP contribution >= 0.6 is 11.8 Å². The Morgan fingerprint density at radius 3 is 2.47 bits per heavy atom. The van der Waals surface area contributed by atoms with Crippen LogP contribution in [0.1, 0.15) is 26.7 Å². The molecule has 0 saturated heterocycles. The van der Waals surface area contributed by atoms with Crippen molar-refractivity contribution in [3.8, 4) is 0 Å². The topological polar surface area (TPSA) is 66.4 Å². The molecule has 0 aliphatic rings. The largest absolute Gasteiger partial charge is 0.481 e. The van der Waals surface area contributed by atoms with Crippen LogP contribution in [0, 0.1) is 5.92 Å². The van der Waals surface area contributed by atoms with E-state index < -0.39 is 5.97 Å². The number of nitrogens with one attached hydrogen (secondary N) is 1. The minimum absolute atomic E-state index is 0.00207. The molecule has 0 radical (unpaired) electrons. The molecule has 4 nitrogen and oxygen atoms in total. The molecule has 15 heavy (non-hydrogen) atoms. The van der Waals surface area contributed by atoms with Gasteiger partial charge in [0, 0.05) is 24.1 Å². The predicted molar refractivity (Wildman–Crippen MR) is 62.0 cm³/mol. The third-order valence-corrected chi connectivity index (χ3v) is 2.88. The van der Waals surface area contributed by atoms with Gasteiger partial charge in [0.05, 0.1) is 0 Å². The molecule has 2 N–H and O–H groups in total. The van der Waals surface area contributed by atoms with Crippen molar-refractivity contribution in [1.29, 1.82) is 0 Å². The highest BCUT2D eigenvalue weighted by Crippen LogP contribution is 2.05. The average molecular weight is 233 g/mol. The van der Waals surface area contributed by atoms with Gasteiger partial charge < -0.3 is 10.4 Å². The van der Waals surface area contributed by atoms with Crippen LogP contribution in [0.5, 0.6) is 0 Å². The highest BCUT2D eigenvalue weighted by atomic mass is 32.2. The Morgan fingerprint density at radius 2 is 2.00 bits per heavy atom. The van der Waals surface area contributed by atoms with Gasteiger partial charge in [0.1, 0.15) is 0 Å². The summed E-state index contributed by atoms with van der Waals surface area (Å²) in [6, 6.07) is -0.0714. The maximum absolute atomic E-state index is 11.5. The van der Waals surface area contributed by atoms with E-state index in [9.17, 15) is 9.59 Å². The molecule has 0 heterocycles. The molecular weight excluding hydrogens is 214 g/mol. The Balaban J connectivity index is 3.79. The molecule has 2 atom stereocenters. The van der Waals surface area contributed by atoms with Crippen LogP contribution in [0.25, 0.3) is 0 Å². The van der Waals surface area contributed by atoms with Crippen LogP contribution in [-0.2, 0) is 9.59 Å². The van der Waals surface area contributed by atoms with E-state index in [-0.39, 0.29) is 24.3 Å². The summed E-state index contributed by atoms with van der Waals surface area (Å²) in [5.74, 6) is -0.0555. The molecule has 0 aromatic carbocycles. The zero-order chi connectivity index (χ0) is 11.8. The molecule has 0 aliphatic carbocycles. The third-order valence-electron chi connectivity index (χ3n) is 2.04. The standard InChI is InChI=1S/C10H19NO3S/c1-7(6-15-3)10(14)11-8(2)4-5-9(12)13/h7-8H,4-6H2,1-3H3,(H,11,14)(H,12,13). The van der Waals surface area contributed by atoms with Gasteiger partial charge in [0.15, 0.2) is 0 Å². The lowest BCUT2D eigenvalue weighted by molar-refractivity contribution is -0.137.